The van der Waals surface area contributed by atoms with E-state index in [-0.39, 0.29) is 24.6 Å². The summed E-state index contributed by atoms with van der Waals surface area (Å²) in [6.07, 6.45) is -2.66. The summed E-state index contributed by atoms with van der Waals surface area (Å²) >= 11 is 0. The number of hydrogen-bond acceptors (Lipinski definition) is 7. The molecular formula is C34H43F3N4O6. The highest BCUT2D eigenvalue weighted by molar-refractivity contribution is 5.95. The molecule has 0 radical (unpaired) electrons. The molecule has 3 fully saturated rings. The molecule has 3 amide bonds. The second kappa shape index (κ2) is 13.6. The number of amides is 3. The van der Waals surface area contributed by atoms with Gasteiger partial charge in [-0.2, -0.15) is 13.2 Å². The van der Waals surface area contributed by atoms with Gasteiger partial charge >= 0.3 is 18.4 Å². The van der Waals surface area contributed by atoms with Gasteiger partial charge in [0.1, 0.15) is 17.0 Å². The van der Waals surface area contributed by atoms with E-state index in [9.17, 15) is 27.6 Å². The second-order valence-electron chi connectivity index (χ2n) is 13.6. The third-order valence-electron chi connectivity index (χ3n) is 8.89. The van der Waals surface area contributed by atoms with Gasteiger partial charge in [0, 0.05) is 62.7 Å². The van der Waals surface area contributed by atoms with E-state index in [1.165, 1.54) is 19.2 Å². The van der Waals surface area contributed by atoms with Crippen molar-refractivity contribution in [2.75, 3.05) is 39.8 Å². The number of hydrogen-bond donors (Lipinski definition) is 1. The van der Waals surface area contributed by atoms with E-state index in [0.717, 1.165) is 23.3 Å². The van der Waals surface area contributed by atoms with Gasteiger partial charge in [-0.15, -0.1) is 0 Å². The van der Waals surface area contributed by atoms with Crippen LogP contribution in [0.5, 0.6) is 5.75 Å². The molecule has 3 aliphatic heterocycles. The molecule has 3 heterocycles. The first kappa shape index (κ1) is 34.3. The Hall–Kier alpha value is -4.00. The zero-order chi connectivity index (χ0) is 34.0. The van der Waals surface area contributed by atoms with Crippen LogP contribution in [0.4, 0.5) is 22.8 Å². The molecule has 13 heteroatoms. The third-order valence-corrected chi connectivity index (χ3v) is 8.89. The van der Waals surface area contributed by atoms with Crippen LogP contribution in [0.1, 0.15) is 73.5 Å². The lowest BCUT2D eigenvalue weighted by Gasteiger charge is -2.37. The van der Waals surface area contributed by atoms with E-state index in [0.29, 0.717) is 76.3 Å². The van der Waals surface area contributed by atoms with Crippen molar-refractivity contribution in [2.24, 2.45) is 0 Å². The van der Waals surface area contributed by atoms with Crippen LogP contribution in [-0.2, 0) is 28.7 Å². The van der Waals surface area contributed by atoms with Gasteiger partial charge in [-0.25, -0.2) is 9.59 Å². The van der Waals surface area contributed by atoms with Gasteiger partial charge in [0.05, 0.1) is 25.8 Å². The van der Waals surface area contributed by atoms with Crippen LogP contribution >= 0.6 is 0 Å². The number of alkyl halides is 3. The highest BCUT2D eigenvalue weighted by atomic mass is 19.4. The zero-order valence-electron chi connectivity index (χ0n) is 27.3. The molecule has 256 valence electrons. The highest BCUT2D eigenvalue weighted by Gasteiger charge is 2.47. The van der Waals surface area contributed by atoms with Crippen LogP contribution in [-0.4, -0.2) is 89.9 Å². The first-order valence-electron chi connectivity index (χ1n) is 16.0. The normalized spacial score (nSPS) is 19.1. The lowest BCUT2D eigenvalue weighted by Crippen LogP contribution is -2.47. The molecule has 10 nitrogen and oxygen atoms in total. The number of ether oxygens (including phenoxy) is 3. The second-order valence-corrected chi connectivity index (χ2v) is 13.6. The van der Waals surface area contributed by atoms with Crippen LogP contribution in [0, 0.1) is 0 Å². The maximum atomic E-state index is 13.1. The van der Waals surface area contributed by atoms with Gasteiger partial charge in [-0.1, -0.05) is 18.2 Å². The summed E-state index contributed by atoms with van der Waals surface area (Å²) in [4.78, 5) is 43.8. The van der Waals surface area contributed by atoms with E-state index in [4.69, 9.17) is 14.2 Å². The van der Waals surface area contributed by atoms with Crippen LogP contribution < -0.4 is 10.1 Å². The van der Waals surface area contributed by atoms with E-state index < -0.39 is 29.0 Å². The van der Waals surface area contributed by atoms with Crippen LogP contribution in [0.2, 0.25) is 0 Å². The smallest absolute Gasteiger partial charge is 0.416 e. The number of carbonyl (C=O) groups excluding carboxylic acids is 3. The van der Waals surface area contributed by atoms with E-state index in [1.54, 1.807) is 28.0 Å². The van der Waals surface area contributed by atoms with Crippen molar-refractivity contribution in [3.05, 3.63) is 64.7 Å². The molecule has 47 heavy (non-hydrogen) atoms. The fourth-order valence-corrected chi connectivity index (χ4v) is 6.27. The third kappa shape index (κ3) is 8.68. The molecule has 2 aromatic rings. The van der Waals surface area contributed by atoms with E-state index >= 15 is 0 Å². The number of rotatable bonds is 7. The molecule has 3 saturated heterocycles. The Labute approximate surface area is 273 Å². The lowest BCUT2D eigenvalue weighted by atomic mass is 9.91. The summed E-state index contributed by atoms with van der Waals surface area (Å²) in [5.41, 5.74) is 0.113. The van der Waals surface area contributed by atoms with E-state index in [2.05, 4.69) is 10.2 Å². The van der Waals surface area contributed by atoms with E-state index in [1.807, 2.05) is 20.8 Å². The average molecular weight is 661 g/mol. The topological polar surface area (TPSA) is 101 Å². The van der Waals surface area contributed by atoms with Crippen molar-refractivity contribution in [2.45, 2.75) is 83.0 Å². The van der Waals surface area contributed by atoms with Crippen molar-refractivity contribution in [3.8, 4) is 5.75 Å². The molecule has 0 aliphatic carbocycles. The SMILES string of the molecule is COc1cc(C(=O)NC2CCN(C(=O)OC(C)(C)C)CC2)ccc1CN1CC2(CCN(Cc3ccc(C(F)(F)F)cc3)CC2)OC1=O. The highest BCUT2D eigenvalue weighted by Crippen LogP contribution is 2.36. The number of benzene rings is 2. The molecule has 1 spiro atoms. The van der Waals surface area contributed by atoms with Crippen LogP contribution in [0.15, 0.2) is 42.5 Å². The van der Waals surface area contributed by atoms with Crippen molar-refractivity contribution in [3.63, 3.8) is 0 Å². The van der Waals surface area contributed by atoms with Gasteiger partial charge in [0.15, 0.2) is 0 Å². The Morgan fingerprint density at radius 2 is 1.64 bits per heavy atom. The minimum absolute atomic E-state index is 0.0798. The standard InChI is InChI=1S/C34H43F3N4O6/c1-32(2,3)46-30(43)40-15-11-27(12-16-40)38-29(42)24-7-8-25(28(19-24)45-4)21-41-22-33(47-31(41)44)13-17-39(18-14-33)20-23-5-9-26(10-6-23)34(35,36)37/h5-10,19,27H,11-18,20-22H2,1-4H3,(H,38,42). The largest absolute Gasteiger partial charge is 0.496 e. The Bertz CT molecular complexity index is 1440. The monoisotopic (exact) mass is 660 g/mol. The summed E-state index contributed by atoms with van der Waals surface area (Å²) < 4.78 is 55.6. The van der Waals surface area contributed by atoms with Crippen molar-refractivity contribution in [1.82, 2.24) is 20.0 Å². The van der Waals surface area contributed by atoms with Gasteiger partial charge in [-0.3, -0.25) is 14.6 Å². The average Bonchev–Trinajstić information content (AvgIpc) is 3.31. The number of carbonyl (C=O) groups is 3. The van der Waals surface area contributed by atoms with Gasteiger partial charge in [0.2, 0.25) is 0 Å². The molecule has 2 aromatic carbocycles. The van der Waals surface area contributed by atoms with Gasteiger partial charge in [-0.05, 0) is 63.4 Å². The van der Waals surface area contributed by atoms with Gasteiger partial charge in [0.25, 0.3) is 5.91 Å². The Kier molecular flexibility index (Phi) is 9.95. The Morgan fingerprint density at radius 3 is 2.23 bits per heavy atom. The molecule has 0 bridgehead atoms. The number of halogens is 3. The first-order chi connectivity index (χ1) is 22.1. The fraction of sp³-hybridized carbons (Fsp3) is 0.559. The van der Waals surface area contributed by atoms with Crippen molar-refractivity contribution in [1.29, 1.82) is 0 Å². The fourth-order valence-electron chi connectivity index (χ4n) is 6.27. The molecule has 0 unspecified atom stereocenters. The lowest BCUT2D eigenvalue weighted by molar-refractivity contribution is -0.137. The molecule has 1 N–H and O–H groups in total. The Morgan fingerprint density at radius 1 is 0.979 bits per heavy atom. The maximum Gasteiger partial charge on any atom is 0.416 e. The van der Waals surface area contributed by atoms with Gasteiger partial charge < -0.3 is 24.4 Å². The molecule has 3 aliphatic rings. The number of nitrogens with zero attached hydrogens (tertiary/aromatic N) is 3. The summed E-state index contributed by atoms with van der Waals surface area (Å²) in [6, 6.07) is 10.3. The maximum absolute atomic E-state index is 13.1. The van der Waals surface area contributed by atoms with Crippen LogP contribution in [0.3, 0.4) is 0 Å². The quantitative estimate of drug-likeness (QED) is 0.399. The minimum Gasteiger partial charge on any atom is -0.496 e. The predicted molar refractivity (Wildman–Crippen MR) is 167 cm³/mol. The number of nitrogens with one attached hydrogen (secondary N) is 1. The summed E-state index contributed by atoms with van der Waals surface area (Å²) in [5, 5.41) is 3.05. The number of piperidine rings is 2. The first-order valence-corrected chi connectivity index (χ1v) is 16.0. The molecular weight excluding hydrogens is 617 g/mol. The summed E-state index contributed by atoms with van der Waals surface area (Å²) in [5.74, 6) is 0.241. The van der Waals surface area contributed by atoms with Crippen molar-refractivity contribution >= 4 is 18.1 Å². The summed E-state index contributed by atoms with van der Waals surface area (Å²) in [7, 11) is 1.52. The number of methoxy groups -OCH3 is 1. The molecule has 5 rings (SSSR count). The molecule has 0 aromatic heterocycles. The van der Waals surface area contributed by atoms with Crippen LogP contribution in [0.25, 0.3) is 0 Å². The minimum atomic E-state index is -4.36. The molecule has 0 atom stereocenters. The predicted octanol–water partition coefficient (Wildman–Crippen LogP) is 5.83. The Balaban J connectivity index is 1.11. The zero-order valence-corrected chi connectivity index (χ0v) is 27.3. The summed E-state index contributed by atoms with van der Waals surface area (Å²) in [6.45, 7) is 8.95. The van der Waals surface area contributed by atoms with Crippen molar-refractivity contribution < 1.29 is 41.8 Å². The molecule has 0 saturated carbocycles. The number of likely N-dealkylation sites (tertiary alicyclic amines) is 2.